The number of benzene rings is 1. The fourth-order valence-electron chi connectivity index (χ4n) is 6.77. The highest BCUT2D eigenvalue weighted by Crippen LogP contribution is 2.43. The molecule has 5 rings (SSSR count). The van der Waals surface area contributed by atoms with E-state index in [-0.39, 0.29) is 29.8 Å². The summed E-state index contributed by atoms with van der Waals surface area (Å²) in [6.45, 7) is 7.88. The number of halogens is 1. The number of methoxy groups -OCH3 is 1. The van der Waals surface area contributed by atoms with Gasteiger partial charge in [-0.15, -0.1) is 0 Å². The van der Waals surface area contributed by atoms with E-state index >= 15 is 0 Å². The third kappa shape index (κ3) is 5.30. The van der Waals surface area contributed by atoms with E-state index in [9.17, 15) is 14.0 Å². The van der Waals surface area contributed by atoms with Crippen LogP contribution in [0, 0.1) is 18.7 Å². The first-order valence-corrected chi connectivity index (χ1v) is 14.0. The summed E-state index contributed by atoms with van der Waals surface area (Å²) in [6, 6.07) is 7.66. The molecular weight excluding hydrogens is 485 g/mol. The molecule has 0 spiro atoms. The molecule has 2 amide bonds. The van der Waals surface area contributed by atoms with Gasteiger partial charge in [-0.1, -0.05) is 26.0 Å². The Bertz CT molecular complexity index is 1170. The Hall–Kier alpha value is -2.94. The van der Waals surface area contributed by atoms with Crippen LogP contribution in [-0.4, -0.2) is 63.6 Å². The number of hydrogen-bond acceptors (Lipinski definition) is 5. The number of aryl methyl sites for hydroxylation is 1. The lowest BCUT2D eigenvalue weighted by atomic mass is 9.94. The molecule has 0 aliphatic carbocycles. The maximum absolute atomic E-state index is 14.0. The number of ether oxygens (including phenoxy) is 1. The molecule has 2 fully saturated rings. The average molecular weight is 526 g/mol. The second-order valence-electron chi connectivity index (χ2n) is 11.4. The highest BCUT2D eigenvalue weighted by molar-refractivity contribution is 5.78. The summed E-state index contributed by atoms with van der Waals surface area (Å²) >= 11 is 0. The van der Waals surface area contributed by atoms with Crippen LogP contribution in [0.1, 0.15) is 80.8 Å². The molecule has 38 heavy (non-hydrogen) atoms. The number of carbonyl (C=O) groups is 2. The third-order valence-electron chi connectivity index (χ3n) is 8.65. The Morgan fingerprint density at radius 2 is 1.92 bits per heavy atom. The van der Waals surface area contributed by atoms with Crippen molar-refractivity contribution in [2.75, 3.05) is 20.2 Å². The summed E-state index contributed by atoms with van der Waals surface area (Å²) in [5.41, 5.74) is 3.08. The molecule has 9 heteroatoms. The van der Waals surface area contributed by atoms with Gasteiger partial charge < -0.3 is 19.5 Å². The Labute approximate surface area is 224 Å². The van der Waals surface area contributed by atoms with Crippen LogP contribution in [0.2, 0.25) is 0 Å². The van der Waals surface area contributed by atoms with Crippen molar-refractivity contribution in [3.63, 3.8) is 0 Å². The molecule has 0 saturated carbocycles. The van der Waals surface area contributed by atoms with E-state index in [1.165, 1.54) is 19.2 Å². The predicted octanol–water partition coefficient (Wildman–Crippen LogP) is 4.53. The summed E-state index contributed by atoms with van der Waals surface area (Å²) < 4.78 is 21.4. The van der Waals surface area contributed by atoms with Gasteiger partial charge in [0.1, 0.15) is 11.6 Å². The van der Waals surface area contributed by atoms with Crippen LogP contribution in [0.3, 0.4) is 0 Å². The lowest BCUT2D eigenvalue weighted by Gasteiger charge is -2.41. The largest absolute Gasteiger partial charge is 0.453 e. The molecule has 2 aromatic rings. The predicted molar refractivity (Wildman–Crippen MR) is 142 cm³/mol. The van der Waals surface area contributed by atoms with E-state index in [0.29, 0.717) is 31.2 Å². The second-order valence-corrected chi connectivity index (χ2v) is 11.4. The van der Waals surface area contributed by atoms with Crippen LogP contribution in [0.15, 0.2) is 24.3 Å². The zero-order chi connectivity index (χ0) is 27.0. The number of amides is 2. The first-order chi connectivity index (χ1) is 18.2. The summed E-state index contributed by atoms with van der Waals surface area (Å²) in [4.78, 5) is 34.0. The maximum atomic E-state index is 14.0. The molecule has 2 unspecified atom stereocenters. The first-order valence-electron chi connectivity index (χ1n) is 14.0. The molecule has 2 bridgehead atoms. The number of fused-ring (bicyclic) bond motifs is 3. The standard InChI is InChI=1S/C29H40FN5O3/c1-18(2)28(36)32-25(20-6-5-7-21(30)14-20)11-13-34-22-8-9-23(34)16-24(15-22)35-19(3)31-26-10-12-33(17-27(26)35)29(37)38-4/h5-7,14,18,22-25H,8-13,15-17H2,1-4H3,(H,32,36)/t22?,23?,24?,25-/m0/s1. The highest BCUT2D eigenvalue weighted by atomic mass is 19.1. The highest BCUT2D eigenvalue weighted by Gasteiger charge is 2.42. The van der Waals surface area contributed by atoms with Crippen LogP contribution in [-0.2, 0) is 22.5 Å². The molecule has 3 atom stereocenters. The van der Waals surface area contributed by atoms with Gasteiger partial charge in [-0.05, 0) is 56.7 Å². The molecule has 206 valence electrons. The van der Waals surface area contributed by atoms with Gasteiger partial charge in [-0.2, -0.15) is 0 Å². The van der Waals surface area contributed by atoms with Gasteiger partial charge in [0.25, 0.3) is 0 Å². The summed E-state index contributed by atoms with van der Waals surface area (Å²) in [6.07, 6.45) is 5.62. The van der Waals surface area contributed by atoms with Gasteiger partial charge >= 0.3 is 6.09 Å². The number of rotatable bonds is 7. The number of nitrogens with one attached hydrogen (secondary N) is 1. The van der Waals surface area contributed by atoms with E-state index in [4.69, 9.17) is 9.72 Å². The minimum absolute atomic E-state index is 0.0118. The van der Waals surface area contributed by atoms with E-state index in [0.717, 1.165) is 67.8 Å². The molecule has 4 heterocycles. The number of carbonyl (C=O) groups excluding carboxylic acids is 2. The SMILES string of the molecule is COC(=O)N1CCc2nc(C)n(C3CC4CCC(C3)N4CC[C@H](NC(=O)C(C)C)c3cccc(F)c3)c2C1. The van der Waals surface area contributed by atoms with Gasteiger partial charge in [0, 0.05) is 43.6 Å². The summed E-state index contributed by atoms with van der Waals surface area (Å²) in [5.74, 6) is 0.610. The van der Waals surface area contributed by atoms with E-state index in [1.54, 1.807) is 11.0 Å². The average Bonchev–Trinajstić information content (AvgIpc) is 3.35. The summed E-state index contributed by atoms with van der Waals surface area (Å²) in [7, 11) is 1.43. The van der Waals surface area contributed by atoms with Crippen molar-refractivity contribution in [3.05, 3.63) is 52.9 Å². The molecule has 3 aliphatic heterocycles. The van der Waals surface area contributed by atoms with Crippen LogP contribution in [0.4, 0.5) is 9.18 Å². The first kappa shape index (κ1) is 26.7. The number of hydrogen-bond donors (Lipinski definition) is 1. The zero-order valence-corrected chi connectivity index (χ0v) is 23.0. The van der Waals surface area contributed by atoms with Gasteiger partial charge in [-0.25, -0.2) is 14.2 Å². The molecule has 1 N–H and O–H groups in total. The van der Waals surface area contributed by atoms with Crippen LogP contribution in [0.5, 0.6) is 0 Å². The lowest BCUT2D eigenvalue weighted by Crippen LogP contribution is -2.45. The fraction of sp³-hybridized carbons (Fsp3) is 0.621. The molecule has 3 aliphatic rings. The monoisotopic (exact) mass is 525 g/mol. The minimum Gasteiger partial charge on any atom is -0.453 e. The van der Waals surface area contributed by atoms with Gasteiger partial charge in [0.2, 0.25) is 5.91 Å². The lowest BCUT2D eigenvalue weighted by molar-refractivity contribution is -0.124. The number of imidazole rings is 1. The van der Waals surface area contributed by atoms with Crippen molar-refractivity contribution in [1.82, 2.24) is 24.7 Å². The molecule has 1 aromatic heterocycles. The fourth-order valence-corrected chi connectivity index (χ4v) is 6.77. The van der Waals surface area contributed by atoms with Crippen molar-refractivity contribution in [3.8, 4) is 0 Å². The van der Waals surface area contributed by atoms with E-state index in [2.05, 4.69) is 21.7 Å². The maximum Gasteiger partial charge on any atom is 0.409 e. The molecule has 0 radical (unpaired) electrons. The number of aromatic nitrogens is 2. The second kappa shape index (κ2) is 11.0. The number of piperidine rings is 1. The van der Waals surface area contributed by atoms with Crippen molar-refractivity contribution < 1.29 is 18.7 Å². The molecule has 2 saturated heterocycles. The van der Waals surface area contributed by atoms with E-state index in [1.807, 2.05) is 19.9 Å². The Morgan fingerprint density at radius 3 is 2.58 bits per heavy atom. The van der Waals surface area contributed by atoms with Gasteiger partial charge in [0.15, 0.2) is 0 Å². The van der Waals surface area contributed by atoms with Crippen LogP contribution in [0.25, 0.3) is 0 Å². The quantitative estimate of drug-likeness (QED) is 0.575. The number of nitrogens with zero attached hydrogens (tertiary/aromatic N) is 4. The Balaban J connectivity index is 1.29. The summed E-state index contributed by atoms with van der Waals surface area (Å²) in [5, 5.41) is 3.15. The zero-order valence-electron chi connectivity index (χ0n) is 23.0. The van der Waals surface area contributed by atoms with Crippen molar-refractivity contribution in [1.29, 1.82) is 0 Å². The van der Waals surface area contributed by atoms with Gasteiger partial charge in [0.05, 0.1) is 31.1 Å². The van der Waals surface area contributed by atoms with Crippen molar-refractivity contribution in [2.45, 2.75) is 90.0 Å². The topological polar surface area (TPSA) is 79.7 Å². The van der Waals surface area contributed by atoms with Crippen LogP contribution < -0.4 is 5.32 Å². The van der Waals surface area contributed by atoms with Crippen LogP contribution >= 0.6 is 0 Å². The Morgan fingerprint density at radius 1 is 1.18 bits per heavy atom. The molecule has 8 nitrogen and oxygen atoms in total. The normalized spacial score (nSPS) is 23.8. The Kier molecular flexibility index (Phi) is 7.75. The van der Waals surface area contributed by atoms with E-state index < -0.39 is 0 Å². The third-order valence-corrected chi connectivity index (χ3v) is 8.65. The van der Waals surface area contributed by atoms with Crippen molar-refractivity contribution >= 4 is 12.0 Å². The smallest absolute Gasteiger partial charge is 0.409 e. The van der Waals surface area contributed by atoms with Gasteiger partial charge in [-0.3, -0.25) is 9.69 Å². The van der Waals surface area contributed by atoms with Crippen molar-refractivity contribution in [2.24, 2.45) is 5.92 Å². The minimum atomic E-state index is -0.284. The molecule has 1 aromatic carbocycles. The molecular formula is C29H40FN5O3.